The fourth-order valence-electron chi connectivity index (χ4n) is 0.660. The lowest BCUT2D eigenvalue weighted by molar-refractivity contribution is -0.380. The first-order valence-corrected chi connectivity index (χ1v) is 4.77. The predicted molar refractivity (Wildman–Crippen MR) is 45.4 cm³/mol. The van der Waals surface area contributed by atoms with Crippen molar-refractivity contribution in [1.29, 1.82) is 0 Å². The molecule has 0 aliphatic rings. The Morgan fingerprint density at radius 1 is 1.69 bits per heavy atom. The van der Waals surface area contributed by atoms with Gasteiger partial charge in [0.1, 0.15) is 5.69 Å². The van der Waals surface area contributed by atoms with E-state index in [1.54, 1.807) is 0 Å². The maximum atomic E-state index is 11.8. The van der Waals surface area contributed by atoms with Gasteiger partial charge in [-0.05, 0) is 30.0 Å². The Morgan fingerprint density at radius 3 is 2.69 bits per heavy atom. The fraction of sp³-hybridized carbons (Fsp3) is 0.400. The van der Waals surface area contributed by atoms with Crippen LogP contribution in [0.5, 0.6) is 0 Å². The first-order chi connectivity index (χ1) is 6.00. The van der Waals surface area contributed by atoms with Gasteiger partial charge in [0, 0.05) is 0 Å². The van der Waals surface area contributed by atoms with Crippen molar-refractivity contribution in [1.82, 2.24) is 4.98 Å². The summed E-state index contributed by atoms with van der Waals surface area (Å²) in [6, 6.07) is 0. The van der Waals surface area contributed by atoms with Gasteiger partial charge in [-0.2, -0.15) is 8.78 Å². The largest absolute Gasteiger partial charge is 0.347 e. The fourth-order valence-corrected chi connectivity index (χ4v) is 2.27. The van der Waals surface area contributed by atoms with Crippen molar-refractivity contribution in [3.8, 4) is 0 Å². The lowest BCUT2D eigenvalue weighted by atomic mass is 10.5. The zero-order chi connectivity index (χ0) is 10.0. The standard InChI is InChI=1S/C5H4F2N2O2S2/c1-2-3(9(10)11)12-5(8-2)13-4(6)7/h4H,1H3. The molecule has 0 aromatic carbocycles. The van der Waals surface area contributed by atoms with Gasteiger partial charge in [0.15, 0.2) is 4.34 Å². The Kier molecular flexibility index (Phi) is 3.15. The molecule has 0 atom stereocenters. The number of halogens is 2. The van der Waals surface area contributed by atoms with Crippen LogP contribution < -0.4 is 0 Å². The molecule has 1 heterocycles. The van der Waals surface area contributed by atoms with Crippen LogP contribution in [0.2, 0.25) is 0 Å². The number of thiazole rings is 1. The minimum absolute atomic E-state index is 0.0270. The van der Waals surface area contributed by atoms with E-state index in [1.807, 2.05) is 0 Å². The third-order valence-corrected chi connectivity index (χ3v) is 3.02. The molecule has 1 aromatic rings. The van der Waals surface area contributed by atoms with E-state index in [0.717, 1.165) is 0 Å². The number of alkyl halides is 2. The molecular formula is C5H4F2N2O2S2. The van der Waals surface area contributed by atoms with Crippen molar-refractivity contribution in [3.63, 3.8) is 0 Å². The molecule has 0 spiro atoms. The van der Waals surface area contributed by atoms with Gasteiger partial charge in [-0.3, -0.25) is 10.1 Å². The summed E-state index contributed by atoms with van der Waals surface area (Å²) in [5.74, 6) is -2.59. The van der Waals surface area contributed by atoms with Crippen molar-refractivity contribution >= 4 is 28.1 Å². The van der Waals surface area contributed by atoms with Crippen LogP contribution in [0.1, 0.15) is 5.69 Å². The molecule has 0 bridgehead atoms. The van der Waals surface area contributed by atoms with Crippen LogP contribution in [-0.4, -0.2) is 15.7 Å². The Balaban J connectivity index is 2.89. The van der Waals surface area contributed by atoms with E-state index in [0.29, 0.717) is 11.3 Å². The summed E-state index contributed by atoms with van der Waals surface area (Å²) >= 11 is 0.889. The molecule has 0 N–H and O–H groups in total. The minimum atomic E-state index is -2.59. The normalized spacial score (nSPS) is 10.8. The van der Waals surface area contributed by atoms with Gasteiger partial charge in [0.2, 0.25) is 0 Å². The molecule has 0 saturated heterocycles. The molecule has 8 heteroatoms. The highest BCUT2D eigenvalue weighted by Crippen LogP contribution is 2.35. The summed E-state index contributed by atoms with van der Waals surface area (Å²) in [7, 11) is 0. The molecular weight excluding hydrogens is 222 g/mol. The van der Waals surface area contributed by atoms with Crippen LogP contribution in [0.3, 0.4) is 0 Å². The number of aryl methyl sites for hydroxylation is 1. The molecule has 0 unspecified atom stereocenters. The average Bonchev–Trinajstić information content (AvgIpc) is 2.29. The Hall–Kier alpha value is -0.760. The van der Waals surface area contributed by atoms with Crippen LogP contribution in [-0.2, 0) is 0 Å². The number of thioether (sulfide) groups is 1. The number of aromatic nitrogens is 1. The van der Waals surface area contributed by atoms with E-state index in [4.69, 9.17) is 0 Å². The van der Waals surface area contributed by atoms with E-state index in [1.165, 1.54) is 6.92 Å². The van der Waals surface area contributed by atoms with E-state index in [9.17, 15) is 18.9 Å². The zero-order valence-corrected chi connectivity index (χ0v) is 7.99. The summed E-state index contributed by atoms with van der Waals surface area (Å²) in [6.07, 6.45) is 0. The van der Waals surface area contributed by atoms with Gasteiger partial charge >= 0.3 is 5.00 Å². The van der Waals surface area contributed by atoms with Gasteiger partial charge in [0.25, 0.3) is 5.76 Å². The van der Waals surface area contributed by atoms with Gasteiger partial charge in [-0.25, -0.2) is 4.98 Å². The zero-order valence-electron chi connectivity index (χ0n) is 6.36. The van der Waals surface area contributed by atoms with E-state index in [-0.39, 0.29) is 26.8 Å². The lowest BCUT2D eigenvalue weighted by Crippen LogP contribution is -1.85. The summed E-state index contributed by atoms with van der Waals surface area (Å²) in [5.41, 5.74) is 0.179. The van der Waals surface area contributed by atoms with E-state index >= 15 is 0 Å². The molecule has 0 aliphatic carbocycles. The summed E-state index contributed by atoms with van der Waals surface area (Å²) < 4.78 is 23.7. The van der Waals surface area contributed by atoms with Crippen LogP contribution >= 0.6 is 23.1 Å². The predicted octanol–water partition coefficient (Wildman–Crippen LogP) is 2.67. The second-order valence-electron chi connectivity index (χ2n) is 2.01. The second-order valence-corrected chi connectivity index (χ2v) is 4.22. The van der Waals surface area contributed by atoms with Gasteiger partial charge in [-0.15, -0.1) is 0 Å². The smallest absolute Gasteiger partial charge is 0.257 e. The minimum Gasteiger partial charge on any atom is -0.257 e. The number of hydrogen-bond acceptors (Lipinski definition) is 5. The van der Waals surface area contributed by atoms with Crippen molar-refractivity contribution in [2.75, 3.05) is 0 Å². The van der Waals surface area contributed by atoms with Crippen LogP contribution in [0.4, 0.5) is 13.8 Å². The maximum absolute atomic E-state index is 11.8. The first-order valence-electron chi connectivity index (χ1n) is 3.07. The highest BCUT2D eigenvalue weighted by molar-refractivity contribution is 8.01. The summed E-state index contributed by atoms with van der Waals surface area (Å²) in [6.45, 7) is 1.42. The van der Waals surface area contributed by atoms with Gasteiger partial charge < -0.3 is 0 Å². The molecule has 0 fully saturated rings. The van der Waals surface area contributed by atoms with Crippen LogP contribution in [0.15, 0.2) is 4.34 Å². The molecule has 0 radical (unpaired) electrons. The van der Waals surface area contributed by atoms with Crippen LogP contribution in [0.25, 0.3) is 0 Å². The lowest BCUT2D eigenvalue weighted by Gasteiger charge is -1.89. The third kappa shape index (κ3) is 2.59. The number of rotatable bonds is 3. The van der Waals surface area contributed by atoms with Crippen molar-refractivity contribution < 1.29 is 13.7 Å². The highest BCUT2D eigenvalue weighted by atomic mass is 32.2. The molecule has 72 valence electrons. The second kappa shape index (κ2) is 3.97. The van der Waals surface area contributed by atoms with E-state index in [2.05, 4.69) is 4.98 Å². The molecule has 0 amide bonds. The van der Waals surface area contributed by atoms with Crippen LogP contribution in [0, 0.1) is 17.0 Å². The Bertz CT molecular complexity index is 328. The number of nitrogens with zero attached hydrogens (tertiary/aromatic N) is 2. The SMILES string of the molecule is Cc1nc(SC(F)F)sc1[N+](=O)[O-]. The molecule has 0 saturated carbocycles. The first kappa shape index (κ1) is 10.3. The number of hydrogen-bond donors (Lipinski definition) is 0. The number of nitro groups is 1. The molecule has 4 nitrogen and oxygen atoms in total. The molecule has 13 heavy (non-hydrogen) atoms. The average molecular weight is 226 g/mol. The monoisotopic (exact) mass is 226 g/mol. The Morgan fingerprint density at radius 2 is 2.31 bits per heavy atom. The van der Waals surface area contributed by atoms with Crippen molar-refractivity contribution in [2.24, 2.45) is 0 Å². The quantitative estimate of drug-likeness (QED) is 0.451. The molecule has 0 aliphatic heterocycles. The third-order valence-electron chi connectivity index (χ3n) is 1.11. The van der Waals surface area contributed by atoms with Gasteiger partial charge in [0.05, 0.1) is 4.92 Å². The highest BCUT2D eigenvalue weighted by Gasteiger charge is 2.19. The summed E-state index contributed by atoms with van der Waals surface area (Å²) in [4.78, 5) is 13.3. The summed E-state index contributed by atoms with van der Waals surface area (Å²) in [5, 5.41) is 10.1. The van der Waals surface area contributed by atoms with Crippen molar-refractivity contribution in [2.45, 2.75) is 17.0 Å². The topological polar surface area (TPSA) is 56.0 Å². The van der Waals surface area contributed by atoms with Crippen molar-refractivity contribution in [3.05, 3.63) is 15.8 Å². The van der Waals surface area contributed by atoms with Gasteiger partial charge in [-0.1, -0.05) is 0 Å². The maximum Gasteiger partial charge on any atom is 0.347 e. The van der Waals surface area contributed by atoms with E-state index < -0.39 is 10.7 Å². The molecule has 1 rings (SSSR count). The molecule has 1 aromatic heterocycles. The Labute approximate surface area is 80.1 Å².